The lowest BCUT2D eigenvalue weighted by molar-refractivity contribution is -0.120. The van der Waals surface area contributed by atoms with Gasteiger partial charge in [0.2, 0.25) is 21.8 Å². The van der Waals surface area contributed by atoms with E-state index in [2.05, 4.69) is 10.6 Å². The number of rotatable bonds is 11. The van der Waals surface area contributed by atoms with Crippen molar-refractivity contribution in [2.75, 3.05) is 18.4 Å². The Kier molecular flexibility index (Phi) is 9.64. The first-order valence-electron chi connectivity index (χ1n) is 11.4. The Hall–Kier alpha value is -2.91. The van der Waals surface area contributed by atoms with Crippen LogP contribution in [0, 0.1) is 6.92 Å². The second-order valence-electron chi connectivity index (χ2n) is 8.33. The molecule has 34 heavy (non-hydrogen) atoms. The van der Waals surface area contributed by atoms with Crippen molar-refractivity contribution in [2.24, 2.45) is 0 Å². The van der Waals surface area contributed by atoms with E-state index < -0.39 is 16.1 Å². The molecule has 0 heterocycles. The van der Waals surface area contributed by atoms with Crippen molar-refractivity contribution >= 4 is 27.5 Å². The van der Waals surface area contributed by atoms with Gasteiger partial charge in [-0.2, -0.15) is 4.31 Å². The summed E-state index contributed by atoms with van der Waals surface area (Å²) in [5.41, 5.74) is 2.13. The van der Waals surface area contributed by atoms with E-state index >= 15 is 0 Å². The molecule has 2 rings (SSSR count). The second-order valence-corrected chi connectivity index (χ2v) is 10.3. The van der Waals surface area contributed by atoms with Crippen molar-refractivity contribution in [1.82, 2.24) is 9.62 Å². The lowest BCUT2D eigenvalue weighted by atomic mass is 10.0. The van der Waals surface area contributed by atoms with E-state index in [1.165, 1.54) is 23.4 Å². The molecule has 1 atom stereocenters. The molecule has 0 aliphatic rings. The fourth-order valence-electron chi connectivity index (χ4n) is 3.52. The third-order valence-electron chi connectivity index (χ3n) is 5.18. The van der Waals surface area contributed by atoms with Crippen molar-refractivity contribution in [1.29, 1.82) is 0 Å². The van der Waals surface area contributed by atoms with Crippen molar-refractivity contribution in [2.45, 2.75) is 65.0 Å². The number of amides is 2. The average molecular weight is 490 g/mol. The number of sulfonamides is 1. The average Bonchev–Trinajstić information content (AvgIpc) is 2.75. The van der Waals surface area contributed by atoms with E-state index in [1.807, 2.05) is 45.0 Å². The zero-order valence-corrected chi connectivity index (χ0v) is 21.5. The lowest BCUT2D eigenvalue weighted by Gasteiger charge is -2.22. The van der Waals surface area contributed by atoms with Crippen LogP contribution in [0.5, 0.6) is 5.75 Å². The number of carbonyl (C=O) groups is 2. The van der Waals surface area contributed by atoms with Gasteiger partial charge in [-0.05, 0) is 44.5 Å². The van der Waals surface area contributed by atoms with E-state index in [0.29, 0.717) is 18.8 Å². The first-order chi connectivity index (χ1) is 16.0. The normalized spacial score (nSPS) is 12.5. The maximum absolute atomic E-state index is 13.0. The van der Waals surface area contributed by atoms with Crippen LogP contribution in [0.3, 0.4) is 0 Å². The Labute approximate surface area is 202 Å². The third kappa shape index (κ3) is 7.30. The zero-order valence-electron chi connectivity index (χ0n) is 20.7. The van der Waals surface area contributed by atoms with Crippen molar-refractivity contribution in [3.63, 3.8) is 0 Å². The van der Waals surface area contributed by atoms with Gasteiger partial charge < -0.3 is 15.4 Å². The van der Waals surface area contributed by atoms with Crippen LogP contribution in [0.25, 0.3) is 0 Å². The molecular formula is C25H35N3O5S. The summed E-state index contributed by atoms with van der Waals surface area (Å²) in [6, 6.07) is 11.5. The summed E-state index contributed by atoms with van der Waals surface area (Å²) in [6.45, 7) is 11.3. The summed E-state index contributed by atoms with van der Waals surface area (Å²) in [4.78, 5) is 24.8. The van der Waals surface area contributed by atoms with Gasteiger partial charge in [0.1, 0.15) is 5.75 Å². The highest BCUT2D eigenvalue weighted by molar-refractivity contribution is 7.89. The Morgan fingerprint density at radius 1 is 1.03 bits per heavy atom. The molecule has 0 aliphatic carbocycles. The molecule has 1 unspecified atom stereocenters. The molecule has 2 N–H and O–H groups in total. The zero-order chi connectivity index (χ0) is 25.5. The van der Waals surface area contributed by atoms with Gasteiger partial charge in [-0.15, -0.1) is 0 Å². The Balaban J connectivity index is 2.36. The molecule has 2 amide bonds. The van der Waals surface area contributed by atoms with Gasteiger partial charge in [0, 0.05) is 20.0 Å². The number of aryl methyl sites for hydroxylation is 1. The van der Waals surface area contributed by atoms with E-state index in [9.17, 15) is 18.0 Å². The number of ether oxygens (including phenoxy) is 1. The largest absolute Gasteiger partial charge is 0.489 e. The number of hydrogen-bond acceptors (Lipinski definition) is 5. The number of nitrogens with zero attached hydrogens (tertiary/aromatic N) is 1. The second kappa shape index (κ2) is 12.0. The standard InChI is InChI=1S/C25H35N3O5S/c1-7-28(8-2)34(31,32)21-13-14-24(33-17(3)4)23(15-21)27-25(30)16-22(26-19(6)29)20-11-9-18(5)10-12-20/h9-15,17,22H,7-8,16H2,1-6H3,(H,26,29)(H,27,30). The predicted molar refractivity (Wildman–Crippen MR) is 133 cm³/mol. The van der Waals surface area contributed by atoms with Crippen LogP contribution in [0.4, 0.5) is 5.69 Å². The van der Waals surface area contributed by atoms with Gasteiger partial charge in [0.15, 0.2) is 0 Å². The highest BCUT2D eigenvalue weighted by atomic mass is 32.2. The number of anilines is 1. The molecule has 2 aromatic rings. The Bertz CT molecular complexity index is 1090. The topological polar surface area (TPSA) is 105 Å². The van der Waals surface area contributed by atoms with Gasteiger partial charge in [0.25, 0.3) is 0 Å². The van der Waals surface area contributed by atoms with E-state index in [4.69, 9.17) is 4.74 Å². The van der Waals surface area contributed by atoms with Crippen LogP contribution in [-0.4, -0.2) is 43.7 Å². The SMILES string of the molecule is CCN(CC)S(=O)(=O)c1ccc(OC(C)C)c(NC(=O)CC(NC(C)=O)c2ccc(C)cc2)c1. The van der Waals surface area contributed by atoms with Gasteiger partial charge >= 0.3 is 0 Å². The molecule has 0 aliphatic heterocycles. The van der Waals surface area contributed by atoms with Gasteiger partial charge in [-0.1, -0.05) is 43.7 Å². The predicted octanol–water partition coefficient (Wildman–Crippen LogP) is 4.02. The fourth-order valence-corrected chi connectivity index (χ4v) is 5.00. The van der Waals surface area contributed by atoms with Gasteiger partial charge in [-0.3, -0.25) is 9.59 Å². The number of nitrogens with one attached hydrogen (secondary N) is 2. The van der Waals surface area contributed by atoms with Crippen LogP contribution in [0.15, 0.2) is 47.4 Å². The number of hydrogen-bond donors (Lipinski definition) is 2. The maximum atomic E-state index is 13.0. The van der Waals surface area contributed by atoms with Gasteiger partial charge in [-0.25, -0.2) is 8.42 Å². The summed E-state index contributed by atoms with van der Waals surface area (Å²) in [5, 5.41) is 5.60. The monoisotopic (exact) mass is 489 g/mol. The molecule has 0 saturated carbocycles. The van der Waals surface area contributed by atoms with Gasteiger partial charge in [0.05, 0.1) is 29.1 Å². The first-order valence-corrected chi connectivity index (χ1v) is 12.9. The summed E-state index contributed by atoms with van der Waals surface area (Å²) < 4.78 is 33.2. The van der Waals surface area contributed by atoms with E-state index in [-0.39, 0.29) is 34.9 Å². The van der Waals surface area contributed by atoms with E-state index in [1.54, 1.807) is 19.9 Å². The van der Waals surface area contributed by atoms with Crippen LogP contribution in [-0.2, 0) is 19.6 Å². The minimum atomic E-state index is -3.72. The molecule has 0 aromatic heterocycles. The molecule has 0 saturated heterocycles. The number of carbonyl (C=O) groups excluding carboxylic acids is 2. The van der Waals surface area contributed by atoms with E-state index in [0.717, 1.165) is 11.1 Å². The smallest absolute Gasteiger partial charge is 0.243 e. The Morgan fingerprint density at radius 2 is 1.65 bits per heavy atom. The van der Waals surface area contributed by atoms with Crippen molar-refractivity contribution in [3.8, 4) is 5.75 Å². The summed E-state index contributed by atoms with van der Waals surface area (Å²) in [7, 11) is -3.72. The summed E-state index contributed by atoms with van der Waals surface area (Å²) >= 11 is 0. The molecular weight excluding hydrogens is 454 g/mol. The fraction of sp³-hybridized carbons (Fsp3) is 0.440. The number of benzene rings is 2. The van der Waals surface area contributed by atoms with Crippen molar-refractivity contribution in [3.05, 3.63) is 53.6 Å². The molecule has 0 radical (unpaired) electrons. The minimum Gasteiger partial charge on any atom is -0.489 e. The quantitative estimate of drug-likeness (QED) is 0.496. The van der Waals surface area contributed by atoms with Crippen LogP contribution in [0.2, 0.25) is 0 Å². The van der Waals surface area contributed by atoms with Crippen LogP contribution in [0.1, 0.15) is 58.2 Å². The Morgan fingerprint density at radius 3 is 2.18 bits per heavy atom. The third-order valence-corrected chi connectivity index (χ3v) is 7.22. The highest BCUT2D eigenvalue weighted by Crippen LogP contribution is 2.31. The van der Waals surface area contributed by atoms with Crippen LogP contribution < -0.4 is 15.4 Å². The molecule has 2 aromatic carbocycles. The molecule has 186 valence electrons. The van der Waals surface area contributed by atoms with Crippen LogP contribution >= 0.6 is 0 Å². The summed E-state index contributed by atoms with van der Waals surface area (Å²) in [6.07, 6.45) is -0.211. The summed E-state index contributed by atoms with van der Waals surface area (Å²) in [5.74, 6) is -0.270. The molecule has 0 spiro atoms. The maximum Gasteiger partial charge on any atom is 0.243 e. The minimum absolute atomic E-state index is 0.0310. The highest BCUT2D eigenvalue weighted by Gasteiger charge is 2.24. The molecule has 0 bridgehead atoms. The lowest BCUT2D eigenvalue weighted by Crippen LogP contribution is -2.31. The molecule has 0 fully saturated rings. The molecule has 8 nitrogen and oxygen atoms in total. The first kappa shape index (κ1) is 27.3. The van der Waals surface area contributed by atoms with Crippen molar-refractivity contribution < 1.29 is 22.7 Å². The molecule has 9 heteroatoms.